The number of rotatable bonds is 3. The van der Waals surface area contributed by atoms with Gasteiger partial charge in [0, 0.05) is 25.2 Å². The smallest absolute Gasteiger partial charge is 0.0863 e. The van der Waals surface area contributed by atoms with Gasteiger partial charge in [0.2, 0.25) is 0 Å². The van der Waals surface area contributed by atoms with E-state index in [2.05, 4.69) is 23.3 Å². The van der Waals surface area contributed by atoms with Gasteiger partial charge in [0.15, 0.2) is 0 Å². The number of hydrogen-bond acceptors (Lipinski definition) is 2. The standard InChI is InChI=1S/C16H20N2O/c1-11-15(10-18(2)17-11)16(19)9-12-6-7-13-4-3-5-14(13)8-12/h6-8,10,16,19H,3-5,9H2,1-2H3. The number of hydrogen-bond donors (Lipinski definition) is 1. The Morgan fingerprint density at radius 1 is 1.32 bits per heavy atom. The van der Waals surface area contributed by atoms with Gasteiger partial charge in [-0.25, -0.2) is 0 Å². The van der Waals surface area contributed by atoms with Crippen molar-refractivity contribution < 1.29 is 5.11 Å². The molecule has 0 amide bonds. The minimum absolute atomic E-state index is 0.465. The molecule has 0 aliphatic heterocycles. The van der Waals surface area contributed by atoms with Crippen molar-refractivity contribution in [2.24, 2.45) is 7.05 Å². The number of benzene rings is 1. The highest BCUT2D eigenvalue weighted by atomic mass is 16.3. The maximum atomic E-state index is 10.4. The molecule has 0 radical (unpaired) electrons. The summed E-state index contributed by atoms with van der Waals surface area (Å²) in [6, 6.07) is 6.64. The van der Waals surface area contributed by atoms with Crippen LogP contribution in [0, 0.1) is 6.92 Å². The zero-order valence-corrected chi connectivity index (χ0v) is 11.6. The van der Waals surface area contributed by atoms with Crippen molar-refractivity contribution in [3.05, 3.63) is 52.3 Å². The third kappa shape index (κ3) is 2.43. The molecule has 1 atom stereocenters. The van der Waals surface area contributed by atoms with E-state index in [9.17, 15) is 5.11 Å². The van der Waals surface area contributed by atoms with Crippen LogP contribution in [0.25, 0.3) is 0 Å². The third-order valence-corrected chi connectivity index (χ3v) is 4.00. The van der Waals surface area contributed by atoms with Gasteiger partial charge in [-0.2, -0.15) is 5.10 Å². The van der Waals surface area contributed by atoms with Gasteiger partial charge in [-0.1, -0.05) is 18.2 Å². The number of fused-ring (bicyclic) bond motifs is 1. The fourth-order valence-corrected chi connectivity index (χ4v) is 3.03. The Labute approximate surface area is 113 Å². The first-order valence-corrected chi connectivity index (χ1v) is 6.92. The molecule has 0 bridgehead atoms. The van der Waals surface area contributed by atoms with Gasteiger partial charge >= 0.3 is 0 Å². The minimum Gasteiger partial charge on any atom is -0.388 e. The van der Waals surface area contributed by atoms with Crippen molar-refractivity contribution in [3.8, 4) is 0 Å². The van der Waals surface area contributed by atoms with Crippen LogP contribution in [0.3, 0.4) is 0 Å². The van der Waals surface area contributed by atoms with E-state index in [-0.39, 0.29) is 0 Å². The van der Waals surface area contributed by atoms with Crippen LogP contribution < -0.4 is 0 Å². The fourth-order valence-electron chi connectivity index (χ4n) is 3.03. The van der Waals surface area contributed by atoms with Crippen molar-refractivity contribution in [1.29, 1.82) is 0 Å². The van der Waals surface area contributed by atoms with E-state index < -0.39 is 6.10 Å². The molecule has 1 heterocycles. The minimum atomic E-state index is -0.465. The summed E-state index contributed by atoms with van der Waals surface area (Å²) in [4.78, 5) is 0. The predicted molar refractivity (Wildman–Crippen MR) is 75.1 cm³/mol. The summed E-state index contributed by atoms with van der Waals surface area (Å²) in [6.45, 7) is 1.95. The monoisotopic (exact) mass is 256 g/mol. The summed E-state index contributed by atoms with van der Waals surface area (Å²) in [7, 11) is 1.89. The SMILES string of the molecule is Cc1nn(C)cc1C(O)Cc1ccc2c(c1)CCC2. The maximum absolute atomic E-state index is 10.4. The van der Waals surface area contributed by atoms with Crippen LogP contribution in [-0.2, 0) is 26.3 Å². The van der Waals surface area contributed by atoms with E-state index in [1.807, 2.05) is 20.2 Å². The van der Waals surface area contributed by atoms with Gasteiger partial charge in [-0.15, -0.1) is 0 Å². The van der Waals surface area contributed by atoms with Crippen LogP contribution in [0.2, 0.25) is 0 Å². The van der Waals surface area contributed by atoms with Crippen LogP contribution in [0.4, 0.5) is 0 Å². The third-order valence-electron chi connectivity index (χ3n) is 4.00. The summed E-state index contributed by atoms with van der Waals surface area (Å²) in [6.07, 6.45) is 5.77. The van der Waals surface area contributed by atoms with Crippen molar-refractivity contribution in [3.63, 3.8) is 0 Å². The molecule has 100 valence electrons. The molecule has 3 rings (SSSR count). The van der Waals surface area contributed by atoms with Gasteiger partial charge in [0.25, 0.3) is 0 Å². The van der Waals surface area contributed by atoms with Crippen molar-refractivity contribution >= 4 is 0 Å². The van der Waals surface area contributed by atoms with Gasteiger partial charge in [0.05, 0.1) is 11.8 Å². The number of aliphatic hydroxyl groups excluding tert-OH is 1. The van der Waals surface area contributed by atoms with Crippen LogP contribution in [0.15, 0.2) is 24.4 Å². The fraction of sp³-hybridized carbons (Fsp3) is 0.438. The summed E-state index contributed by atoms with van der Waals surface area (Å²) < 4.78 is 1.76. The summed E-state index contributed by atoms with van der Waals surface area (Å²) in [5.74, 6) is 0. The molecule has 0 saturated carbocycles. The van der Waals surface area contributed by atoms with Gasteiger partial charge in [-0.3, -0.25) is 4.68 Å². The number of aromatic nitrogens is 2. The molecular weight excluding hydrogens is 236 g/mol. The molecule has 19 heavy (non-hydrogen) atoms. The molecule has 0 saturated heterocycles. The lowest BCUT2D eigenvalue weighted by molar-refractivity contribution is 0.177. The largest absolute Gasteiger partial charge is 0.388 e. The molecule has 1 N–H and O–H groups in total. The molecule has 1 aliphatic carbocycles. The van der Waals surface area contributed by atoms with Gasteiger partial charge in [0.1, 0.15) is 0 Å². The Kier molecular flexibility index (Phi) is 3.15. The molecule has 1 aromatic heterocycles. The quantitative estimate of drug-likeness (QED) is 0.916. The van der Waals surface area contributed by atoms with Gasteiger partial charge < -0.3 is 5.11 Å². The van der Waals surface area contributed by atoms with E-state index in [1.165, 1.54) is 36.0 Å². The molecule has 0 fully saturated rings. The van der Waals surface area contributed by atoms with Crippen molar-refractivity contribution in [2.75, 3.05) is 0 Å². The lowest BCUT2D eigenvalue weighted by Crippen LogP contribution is -2.03. The van der Waals surface area contributed by atoms with E-state index in [0.717, 1.165) is 11.3 Å². The van der Waals surface area contributed by atoms with Gasteiger partial charge in [-0.05, 0) is 42.9 Å². The maximum Gasteiger partial charge on any atom is 0.0863 e. The zero-order valence-electron chi connectivity index (χ0n) is 11.6. The number of aryl methyl sites for hydroxylation is 4. The Balaban J connectivity index is 1.79. The Hall–Kier alpha value is -1.61. The second kappa shape index (κ2) is 4.82. The van der Waals surface area contributed by atoms with Crippen LogP contribution in [0.5, 0.6) is 0 Å². The summed E-state index contributed by atoms with van der Waals surface area (Å²) >= 11 is 0. The molecule has 3 nitrogen and oxygen atoms in total. The molecular formula is C16H20N2O. The molecule has 1 aliphatic rings. The Morgan fingerprint density at radius 2 is 2.11 bits per heavy atom. The Morgan fingerprint density at radius 3 is 2.84 bits per heavy atom. The molecule has 3 heteroatoms. The van der Waals surface area contributed by atoms with Crippen LogP contribution >= 0.6 is 0 Å². The molecule has 0 spiro atoms. The molecule has 1 unspecified atom stereocenters. The van der Waals surface area contributed by atoms with Crippen LogP contribution in [-0.4, -0.2) is 14.9 Å². The molecule has 1 aromatic carbocycles. The second-order valence-corrected chi connectivity index (χ2v) is 5.52. The predicted octanol–water partition coefficient (Wildman–Crippen LogP) is 2.49. The first-order valence-electron chi connectivity index (χ1n) is 6.92. The van der Waals surface area contributed by atoms with Crippen molar-refractivity contribution in [2.45, 2.75) is 38.7 Å². The highest BCUT2D eigenvalue weighted by molar-refractivity contribution is 5.36. The van der Waals surface area contributed by atoms with Crippen LogP contribution in [0.1, 0.15) is 40.5 Å². The normalized spacial score (nSPS) is 15.5. The van der Waals surface area contributed by atoms with E-state index in [4.69, 9.17) is 0 Å². The number of nitrogens with zero attached hydrogens (tertiary/aromatic N) is 2. The topological polar surface area (TPSA) is 38.0 Å². The van der Waals surface area contributed by atoms with E-state index >= 15 is 0 Å². The first-order chi connectivity index (χ1) is 9.13. The highest BCUT2D eigenvalue weighted by Crippen LogP contribution is 2.26. The van der Waals surface area contributed by atoms with Crippen molar-refractivity contribution in [1.82, 2.24) is 9.78 Å². The molecule has 2 aromatic rings. The average Bonchev–Trinajstić information content (AvgIpc) is 2.94. The average molecular weight is 256 g/mol. The second-order valence-electron chi connectivity index (χ2n) is 5.52. The Bertz CT molecular complexity index is 601. The first kappa shape index (κ1) is 12.4. The summed E-state index contributed by atoms with van der Waals surface area (Å²) in [5, 5.41) is 14.7. The zero-order chi connectivity index (χ0) is 13.4. The van der Waals surface area contributed by atoms with E-state index in [0.29, 0.717) is 6.42 Å². The lowest BCUT2D eigenvalue weighted by atomic mass is 9.99. The number of aliphatic hydroxyl groups is 1. The highest BCUT2D eigenvalue weighted by Gasteiger charge is 2.16. The van der Waals surface area contributed by atoms with E-state index in [1.54, 1.807) is 4.68 Å². The lowest BCUT2D eigenvalue weighted by Gasteiger charge is -2.11. The summed E-state index contributed by atoms with van der Waals surface area (Å²) in [5.41, 5.74) is 6.01.